The number of amides is 1. The molecule has 0 unspecified atom stereocenters. The van der Waals surface area contributed by atoms with Gasteiger partial charge in [0.25, 0.3) is 0 Å². The van der Waals surface area contributed by atoms with Gasteiger partial charge in [0.2, 0.25) is 5.91 Å². The van der Waals surface area contributed by atoms with Crippen LogP contribution in [0.4, 0.5) is 10.1 Å². The van der Waals surface area contributed by atoms with Crippen LogP contribution in [0, 0.1) is 18.7 Å². The molecule has 0 aromatic heterocycles. The minimum absolute atomic E-state index is 0.0589. The summed E-state index contributed by atoms with van der Waals surface area (Å²) in [5.41, 5.74) is 2.37. The van der Waals surface area contributed by atoms with Crippen LogP contribution in [-0.2, 0) is 16.1 Å². The van der Waals surface area contributed by atoms with Crippen LogP contribution in [0.5, 0.6) is 0 Å². The van der Waals surface area contributed by atoms with Gasteiger partial charge < -0.3 is 10.1 Å². The quantitative estimate of drug-likeness (QED) is 0.665. The number of ether oxygens (including phenoxy) is 1. The predicted octanol–water partition coefficient (Wildman–Crippen LogP) is 4.81. The van der Waals surface area contributed by atoms with Crippen molar-refractivity contribution in [1.82, 2.24) is 4.90 Å². The van der Waals surface area contributed by atoms with Gasteiger partial charge in [-0.15, -0.1) is 0 Å². The number of rotatable bonds is 6. The first-order chi connectivity index (χ1) is 14.4. The molecule has 1 N–H and O–H groups in total. The van der Waals surface area contributed by atoms with Crippen LogP contribution >= 0.6 is 11.6 Å². The van der Waals surface area contributed by atoms with E-state index in [2.05, 4.69) is 10.2 Å². The number of carbonyl (C=O) groups excluding carboxylic acids is 2. The molecule has 2 aromatic rings. The highest BCUT2D eigenvalue weighted by atomic mass is 35.5. The Morgan fingerprint density at radius 1 is 1.23 bits per heavy atom. The first-order valence-electron chi connectivity index (χ1n) is 10.1. The van der Waals surface area contributed by atoms with Crippen molar-refractivity contribution in [2.45, 2.75) is 33.2 Å². The lowest BCUT2D eigenvalue weighted by Gasteiger charge is -2.31. The van der Waals surface area contributed by atoms with Gasteiger partial charge in [-0.2, -0.15) is 0 Å². The number of hydrogen-bond donors (Lipinski definition) is 1. The molecule has 7 heteroatoms. The van der Waals surface area contributed by atoms with Crippen molar-refractivity contribution in [3.8, 4) is 0 Å². The third kappa shape index (κ3) is 5.37. The number of esters is 1. The molecule has 30 heavy (non-hydrogen) atoms. The van der Waals surface area contributed by atoms with Crippen LogP contribution in [-0.4, -0.2) is 36.5 Å². The lowest BCUT2D eigenvalue weighted by Crippen LogP contribution is -2.38. The zero-order valence-electron chi connectivity index (χ0n) is 17.2. The van der Waals surface area contributed by atoms with Crippen LogP contribution in [0.1, 0.15) is 41.3 Å². The Bertz CT molecular complexity index is 927. The van der Waals surface area contributed by atoms with Crippen molar-refractivity contribution in [3.05, 3.63) is 63.9 Å². The zero-order chi connectivity index (χ0) is 21.7. The highest BCUT2D eigenvalue weighted by molar-refractivity contribution is 6.30. The fourth-order valence-corrected chi connectivity index (χ4v) is 3.84. The summed E-state index contributed by atoms with van der Waals surface area (Å²) in [5, 5.41) is 3.34. The Morgan fingerprint density at radius 2 is 1.97 bits per heavy atom. The number of piperidine rings is 1. The monoisotopic (exact) mass is 432 g/mol. The second-order valence-electron chi connectivity index (χ2n) is 7.47. The van der Waals surface area contributed by atoms with E-state index in [0.717, 1.165) is 0 Å². The van der Waals surface area contributed by atoms with Crippen molar-refractivity contribution in [2.24, 2.45) is 5.92 Å². The largest absolute Gasteiger partial charge is 0.462 e. The molecular weight excluding hydrogens is 407 g/mol. The van der Waals surface area contributed by atoms with E-state index < -0.39 is 5.97 Å². The molecular formula is C23H26ClFN2O3. The Morgan fingerprint density at radius 3 is 2.63 bits per heavy atom. The summed E-state index contributed by atoms with van der Waals surface area (Å²) in [6.07, 6.45) is 1.38. The Labute approximate surface area is 181 Å². The van der Waals surface area contributed by atoms with Crippen LogP contribution in [0.25, 0.3) is 0 Å². The molecule has 1 fully saturated rings. The maximum absolute atomic E-state index is 14.0. The van der Waals surface area contributed by atoms with E-state index in [4.69, 9.17) is 16.3 Å². The van der Waals surface area contributed by atoms with Gasteiger partial charge in [0, 0.05) is 28.7 Å². The number of anilines is 1. The SMILES string of the molecule is CCOC(=O)c1cccc(NC(=O)C2CCN(Cc3ccc(Cl)cc3F)CC2)c1C. The molecule has 0 atom stereocenters. The number of nitrogens with zero attached hydrogens (tertiary/aromatic N) is 1. The second kappa shape index (κ2) is 10.0. The number of likely N-dealkylation sites (tertiary alicyclic amines) is 1. The standard InChI is InChI=1S/C23H26ClFN2O3/c1-3-30-23(29)19-5-4-6-21(15(19)2)26-22(28)16-9-11-27(12-10-16)14-17-7-8-18(24)13-20(17)25/h4-8,13,16H,3,9-12,14H2,1-2H3,(H,26,28). The van der Waals surface area contributed by atoms with Gasteiger partial charge in [-0.05, 0) is 69.6 Å². The molecule has 2 aromatic carbocycles. The normalized spacial score (nSPS) is 15.1. The van der Waals surface area contributed by atoms with Gasteiger partial charge in [0.05, 0.1) is 12.2 Å². The Hall–Kier alpha value is -2.44. The minimum atomic E-state index is -0.395. The third-order valence-corrected chi connectivity index (χ3v) is 5.69. The number of benzene rings is 2. The molecule has 3 rings (SSSR count). The average Bonchev–Trinajstić information content (AvgIpc) is 2.72. The molecule has 1 aliphatic rings. The van der Waals surface area contributed by atoms with Gasteiger partial charge in [-0.25, -0.2) is 9.18 Å². The first kappa shape index (κ1) is 22.2. The van der Waals surface area contributed by atoms with Gasteiger partial charge in [-0.3, -0.25) is 9.69 Å². The Balaban J connectivity index is 1.57. The highest BCUT2D eigenvalue weighted by Crippen LogP contribution is 2.25. The summed E-state index contributed by atoms with van der Waals surface area (Å²) in [7, 11) is 0. The fourth-order valence-electron chi connectivity index (χ4n) is 3.68. The van der Waals surface area contributed by atoms with Gasteiger partial charge >= 0.3 is 5.97 Å². The molecule has 1 amide bonds. The van der Waals surface area contributed by atoms with E-state index in [1.165, 1.54) is 6.07 Å². The summed E-state index contributed by atoms with van der Waals surface area (Å²) >= 11 is 5.81. The number of halogens is 2. The van der Waals surface area contributed by atoms with Crippen LogP contribution in [0.2, 0.25) is 5.02 Å². The molecule has 1 aliphatic heterocycles. The molecule has 1 saturated heterocycles. The van der Waals surface area contributed by atoms with Gasteiger partial charge in [0.1, 0.15) is 5.82 Å². The van der Waals surface area contributed by atoms with Crippen molar-refractivity contribution in [3.63, 3.8) is 0 Å². The smallest absolute Gasteiger partial charge is 0.338 e. The van der Waals surface area contributed by atoms with E-state index in [0.29, 0.717) is 66.5 Å². The number of carbonyl (C=O) groups is 2. The predicted molar refractivity (Wildman–Crippen MR) is 115 cm³/mol. The van der Waals surface area contributed by atoms with Gasteiger partial charge in [-0.1, -0.05) is 23.7 Å². The van der Waals surface area contributed by atoms with Crippen LogP contribution < -0.4 is 5.32 Å². The summed E-state index contributed by atoms with van der Waals surface area (Å²) in [4.78, 5) is 27.0. The maximum atomic E-state index is 14.0. The number of nitrogens with one attached hydrogen (secondary N) is 1. The van der Waals surface area contributed by atoms with Crippen molar-refractivity contribution >= 4 is 29.2 Å². The van der Waals surface area contributed by atoms with E-state index >= 15 is 0 Å². The van der Waals surface area contributed by atoms with E-state index in [1.54, 1.807) is 44.2 Å². The molecule has 0 spiro atoms. The van der Waals surface area contributed by atoms with Crippen molar-refractivity contribution in [2.75, 3.05) is 25.0 Å². The molecule has 0 radical (unpaired) electrons. The number of hydrogen-bond acceptors (Lipinski definition) is 4. The molecule has 1 heterocycles. The third-order valence-electron chi connectivity index (χ3n) is 5.45. The fraction of sp³-hybridized carbons (Fsp3) is 0.391. The van der Waals surface area contributed by atoms with Gasteiger partial charge in [0.15, 0.2) is 0 Å². The first-order valence-corrected chi connectivity index (χ1v) is 10.5. The summed E-state index contributed by atoms with van der Waals surface area (Å²) in [5.74, 6) is -0.883. The lowest BCUT2D eigenvalue weighted by molar-refractivity contribution is -0.121. The summed E-state index contributed by atoms with van der Waals surface area (Å²) in [6, 6.07) is 9.93. The van der Waals surface area contributed by atoms with E-state index in [-0.39, 0.29) is 17.6 Å². The summed E-state index contributed by atoms with van der Waals surface area (Å²) in [6.45, 7) is 5.77. The van der Waals surface area contributed by atoms with E-state index in [1.807, 2.05) is 0 Å². The minimum Gasteiger partial charge on any atom is -0.462 e. The highest BCUT2D eigenvalue weighted by Gasteiger charge is 2.26. The van der Waals surface area contributed by atoms with Crippen molar-refractivity contribution < 1.29 is 18.7 Å². The Kier molecular flexibility index (Phi) is 7.45. The molecule has 0 saturated carbocycles. The van der Waals surface area contributed by atoms with Crippen molar-refractivity contribution in [1.29, 1.82) is 0 Å². The topological polar surface area (TPSA) is 58.6 Å². The van der Waals surface area contributed by atoms with Crippen LogP contribution in [0.15, 0.2) is 36.4 Å². The second-order valence-corrected chi connectivity index (χ2v) is 7.91. The zero-order valence-corrected chi connectivity index (χ0v) is 18.0. The maximum Gasteiger partial charge on any atom is 0.338 e. The average molecular weight is 433 g/mol. The molecule has 160 valence electrons. The summed E-state index contributed by atoms with van der Waals surface area (Å²) < 4.78 is 19.1. The van der Waals surface area contributed by atoms with E-state index in [9.17, 15) is 14.0 Å². The molecule has 0 bridgehead atoms. The lowest BCUT2D eigenvalue weighted by atomic mass is 9.95. The molecule has 0 aliphatic carbocycles. The molecule has 5 nitrogen and oxygen atoms in total. The van der Waals surface area contributed by atoms with Crippen LogP contribution in [0.3, 0.4) is 0 Å².